The van der Waals surface area contributed by atoms with Crippen LogP contribution >= 0.6 is 0 Å². The van der Waals surface area contributed by atoms with Crippen molar-refractivity contribution in [2.24, 2.45) is 0 Å². The molecule has 0 bridgehead atoms. The topological polar surface area (TPSA) is 0 Å². The molecule has 1 rings (SSSR count). The molecule has 0 aliphatic carbocycles. The lowest BCUT2D eigenvalue weighted by molar-refractivity contribution is -0.137. The molecule has 0 fully saturated rings. The van der Waals surface area contributed by atoms with E-state index in [0.717, 1.165) is 24.1 Å². The fraction of sp³-hybridized carbons (Fsp3) is 0.333. The third-order valence-electron chi connectivity index (χ3n) is 2.83. The maximum atomic E-state index is 12.3. The minimum absolute atomic E-state index is 0.611. The van der Waals surface area contributed by atoms with E-state index in [1.54, 1.807) is 0 Å². The van der Waals surface area contributed by atoms with Crippen LogP contribution in [-0.4, -0.2) is 0 Å². The average Bonchev–Trinajstić information content (AvgIpc) is 2.28. The maximum Gasteiger partial charge on any atom is 0.416 e. The Balaban J connectivity index is 2.70. The second-order valence-corrected chi connectivity index (χ2v) is 4.51. The number of halogens is 3. The molecule has 0 amide bonds. The molecule has 0 saturated heterocycles. The van der Waals surface area contributed by atoms with Crippen LogP contribution in [0.5, 0.6) is 0 Å². The third-order valence-corrected chi connectivity index (χ3v) is 2.83. The molecule has 0 atom stereocenters. The van der Waals surface area contributed by atoms with Gasteiger partial charge in [0.2, 0.25) is 0 Å². The van der Waals surface area contributed by atoms with Crippen molar-refractivity contribution in [2.75, 3.05) is 0 Å². The summed E-state index contributed by atoms with van der Waals surface area (Å²) in [6.45, 7) is 6.13. The summed E-state index contributed by atoms with van der Waals surface area (Å²) >= 11 is 0. The predicted octanol–water partition coefficient (Wildman–Crippen LogP) is 5.47. The van der Waals surface area contributed by atoms with Crippen molar-refractivity contribution in [1.82, 2.24) is 0 Å². The molecule has 0 spiro atoms. The van der Waals surface area contributed by atoms with E-state index >= 15 is 0 Å². The minimum Gasteiger partial charge on any atom is -0.166 e. The lowest BCUT2D eigenvalue weighted by Crippen LogP contribution is -2.03. The Morgan fingerprint density at radius 1 is 1.06 bits per heavy atom. The van der Waals surface area contributed by atoms with Crippen LogP contribution in [0.4, 0.5) is 13.2 Å². The molecule has 18 heavy (non-hydrogen) atoms. The monoisotopic (exact) mass is 254 g/mol. The predicted molar refractivity (Wildman–Crippen MR) is 69.1 cm³/mol. The zero-order chi connectivity index (χ0) is 13.8. The first-order valence-electron chi connectivity index (χ1n) is 5.77. The van der Waals surface area contributed by atoms with Crippen LogP contribution in [0.15, 0.2) is 41.5 Å². The van der Waals surface area contributed by atoms with Crippen molar-refractivity contribution < 1.29 is 13.2 Å². The standard InChI is InChI=1S/C15H17F3/c1-11(2)12(3)5-4-6-13-7-9-14(10-8-13)15(16,17)18/h4,6-10H,5H2,1-3H3/b6-4+. The number of hydrogen-bond donors (Lipinski definition) is 0. The summed E-state index contributed by atoms with van der Waals surface area (Å²) in [6, 6.07) is 5.18. The van der Waals surface area contributed by atoms with E-state index in [0.29, 0.717) is 0 Å². The van der Waals surface area contributed by atoms with E-state index in [4.69, 9.17) is 0 Å². The molecule has 0 heterocycles. The number of alkyl halides is 3. The molecule has 0 unspecified atom stereocenters. The number of allylic oxidation sites excluding steroid dienone is 3. The van der Waals surface area contributed by atoms with Gasteiger partial charge in [0.05, 0.1) is 5.56 Å². The molecule has 0 N–H and O–H groups in total. The zero-order valence-electron chi connectivity index (χ0n) is 10.8. The fourth-order valence-electron chi connectivity index (χ4n) is 1.36. The second-order valence-electron chi connectivity index (χ2n) is 4.51. The van der Waals surface area contributed by atoms with Crippen LogP contribution in [0.25, 0.3) is 6.08 Å². The van der Waals surface area contributed by atoms with Gasteiger partial charge in [0.1, 0.15) is 0 Å². The summed E-state index contributed by atoms with van der Waals surface area (Å²) in [7, 11) is 0. The van der Waals surface area contributed by atoms with Gasteiger partial charge in [0, 0.05) is 0 Å². The largest absolute Gasteiger partial charge is 0.416 e. The van der Waals surface area contributed by atoms with Crippen molar-refractivity contribution in [3.63, 3.8) is 0 Å². The number of hydrogen-bond acceptors (Lipinski definition) is 0. The normalized spacial score (nSPS) is 11.9. The van der Waals surface area contributed by atoms with E-state index in [2.05, 4.69) is 0 Å². The van der Waals surface area contributed by atoms with Crippen molar-refractivity contribution in [3.05, 3.63) is 52.6 Å². The Morgan fingerprint density at radius 2 is 1.61 bits per heavy atom. The van der Waals surface area contributed by atoms with E-state index in [9.17, 15) is 13.2 Å². The Kier molecular flexibility index (Phi) is 4.76. The van der Waals surface area contributed by atoms with Gasteiger partial charge in [0.15, 0.2) is 0 Å². The smallest absolute Gasteiger partial charge is 0.166 e. The van der Waals surface area contributed by atoms with Crippen LogP contribution < -0.4 is 0 Å². The molecule has 0 aromatic heterocycles. The Labute approximate surface area is 106 Å². The Hall–Kier alpha value is -1.51. The molecule has 0 saturated carbocycles. The summed E-state index contributed by atoms with van der Waals surface area (Å²) < 4.78 is 37.0. The highest BCUT2D eigenvalue weighted by Crippen LogP contribution is 2.29. The highest BCUT2D eigenvalue weighted by molar-refractivity contribution is 5.50. The first kappa shape index (κ1) is 14.6. The van der Waals surface area contributed by atoms with Crippen LogP contribution in [0.2, 0.25) is 0 Å². The molecule has 98 valence electrons. The van der Waals surface area contributed by atoms with E-state index < -0.39 is 11.7 Å². The molecule has 0 nitrogen and oxygen atoms in total. The van der Waals surface area contributed by atoms with Gasteiger partial charge in [-0.2, -0.15) is 13.2 Å². The van der Waals surface area contributed by atoms with Crippen LogP contribution in [0.1, 0.15) is 38.3 Å². The summed E-state index contributed by atoms with van der Waals surface area (Å²) in [5.74, 6) is 0. The SMILES string of the molecule is CC(C)=C(C)C/C=C/c1ccc(C(F)(F)F)cc1. The highest BCUT2D eigenvalue weighted by atomic mass is 19.4. The first-order chi connectivity index (χ1) is 8.30. The average molecular weight is 254 g/mol. The van der Waals surface area contributed by atoms with Gasteiger partial charge in [-0.3, -0.25) is 0 Å². The maximum absolute atomic E-state index is 12.3. The third kappa shape index (κ3) is 4.40. The van der Waals surface area contributed by atoms with Gasteiger partial charge < -0.3 is 0 Å². The lowest BCUT2D eigenvalue weighted by Gasteiger charge is -2.06. The quantitative estimate of drug-likeness (QED) is 0.628. The van der Waals surface area contributed by atoms with Crippen molar-refractivity contribution in [2.45, 2.75) is 33.4 Å². The van der Waals surface area contributed by atoms with Gasteiger partial charge in [-0.05, 0) is 44.9 Å². The van der Waals surface area contributed by atoms with E-state index in [1.165, 1.54) is 23.3 Å². The Bertz CT molecular complexity index is 444. The van der Waals surface area contributed by atoms with Gasteiger partial charge in [0.25, 0.3) is 0 Å². The molecule has 0 aliphatic rings. The molecular weight excluding hydrogens is 237 g/mol. The highest BCUT2D eigenvalue weighted by Gasteiger charge is 2.29. The minimum atomic E-state index is -4.26. The number of rotatable bonds is 3. The van der Waals surface area contributed by atoms with Crippen LogP contribution in [0.3, 0.4) is 0 Å². The van der Waals surface area contributed by atoms with Crippen LogP contribution in [-0.2, 0) is 6.18 Å². The van der Waals surface area contributed by atoms with Gasteiger partial charge in [-0.25, -0.2) is 0 Å². The number of benzene rings is 1. The molecule has 1 aromatic carbocycles. The Morgan fingerprint density at radius 3 is 2.06 bits per heavy atom. The van der Waals surface area contributed by atoms with Crippen molar-refractivity contribution in [3.8, 4) is 0 Å². The van der Waals surface area contributed by atoms with Gasteiger partial charge in [-0.1, -0.05) is 35.4 Å². The van der Waals surface area contributed by atoms with E-state index in [-0.39, 0.29) is 0 Å². The van der Waals surface area contributed by atoms with Crippen molar-refractivity contribution >= 4 is 6.08 Å². The van der Waals surface area contributed by atoms with Crippen molar-refractivity contribution in [1.29, 1.82) is 0 Å². The molecule has 0 radical (unpaired) electrons. The fourth-order valence-corrected chi connectivity index (χ4v) is 1.36. The molecular formula is C15H17F3. The van der Waals surface area contributed by atoms with Crippen LogP contribution in [0, 0.1) is 0 Å². The molecule has 0 aliphatic heterocycles. The zero-order valence-corrected chi connectivity index (χ0v) is 10.8. The summed E-state index contributed by atoms with van der Waals surface area (Å²) in [6.07, 6.45) is 0.363. The molecule has 3 heteroatoms. The molecule has 1 aromatic rings. The second kappa shape index (κ2) is 5.89. The lowest BCUT2D eigenvalue weighted by atomic mass is 10.1. The summed E-state index contributed by atoms with van der Waals surface area (Å²) in [5.41, 5.74) is 2.72. The van der Waals surface area contributed by atoms with Gasteiger partial charge in [-0.15, -0.1) is 0 Å². The van der Waals surface area contributed by atoms with Gasteiger partial charge >= 0.3 is 6.18 Å². The van der Waals surface area contributed by atoms with E-state index in [1.807, 2.05) is 32.9 Å². The summed E-state index contributed by atoms with van der Waals surface area (Å²) in [4.78, 5) is 0. The summed E-state index contributed by atoms with van der Waals surface area (Å²) in [5, 5.41) is 0. The first-order valence-corrected chi connectivity index (χ1v) is 5.77.